The summed E-state index contributed by atoms with van der Waals surface area (Å²) >= 11 is 0. The molecular weight excluding hydrogens is 242 g/mol. The maximum atomic E-state index is 11.3. The largest absolute Gasteiger partial charge is 0.465 e. The Labute approximate surface area is 111 Å². The highest BCUT2D eigenvalue weighted by molar-refractivity contribution is 5.89. The Hall–Kier alpha value is -2.40. The van der Waals surface area contributed by atoms with Gasteiger partial charge in [0.2, 0.25) is 0 Å². The molecule has 0 aliphatic heterocycles. The second-order valence-electron chi connectivity index (χ2n) is 3.95. The van der Waals surface area contributed by atoms with Crippen LogP contribution in [0.15, 0.2) is 42.6 Å². The van der Waals surface area contributed by atoms with Gasteiger partial charge in [-0.15, -0.1) is 0 Å². The Bertz CT molecular complexity index is 550. The first-order valence-electron chi connectivity index (χ1n) is 5.83. The number of pyridine rings is 1. The van der Waals surface area contributed by atoms with Crippen LogP contribution in [0, 0.1) is 0 Å². The zero-order valence-corrected chi connectivity index (χ0v) is 10.6. The molecule has 2 aromatic rings. The van der Waals surface area contributed by atoms with Crippen LogP contribution in [0.4, 0.5) is 11.5 Å². The highest BCUT2D eigenvalue weighted by Gasteiger charge is 2.04. The lowest BCUT2D eigenvalue weighted by atomic mass is 10.2. The summed E-state index contributed by atoms with van der Waals surface area (Å²) in [6, 6.07) is 10.8. The van der Waals surface area contributed by atoms with E-state index in [2.05, 4.69) is 15.0 Å². The van der Waals surface area contributed by atoms with Crippen molar-refractivity contribution in [2.24, 2.45) is 5.73 Å². The SMILES string of the molecule is COC(=O)c1ccc(Nc2ccc(CN)cn2)cc1. The summed E-state index contributed by atoms with van der Waals surface area (Å²) in [5, 5.41) is 3.14. The number of hydrogen-bond acceptors (Lipinski definition) is 5. The summed E-state index contributed by atoms with van der Waals surface area (Å²) in [5.74, 6) is 0.375. The molecule has 0 aliphatic carbocycles. The first-order chi connectivity index (χ1) is 9.22. The van der Waals surface area contributed by atoms with Gasteiger partial charge in [0, 0.05) is 18.4 Å². The summed E-state index contributed by atoms with van der Waals surface area (Å²) < 4.78 is 4.64. The minimum absolute atomic E-state index is 0.350. The molecule has 0 aliphatic rings. The Kier molecular flexibility index (Phi) is 4.10. The van der Waals surface area contributed by atoms with Crippen molar-refractivity contribution in [1.29, 1.82) is 0 Å². The quantitative estimate of drug-likeness (QED) is 0.820. The number of nitrogens with one attached hydrogen (secondary N) is 1. The van der Waals surface area contributed by atoms with Crippen molar-refractivity contribution < 1.29 is 9.53 Å². The smallest absolute Gasteiger partial charge is 0.337 e. The average Bonchev–Trinajstić information content (AvgIpc) is 2.48. The maximum absolute atomic E-state index is 11.3. The fourth-order valence-corrected chi connectivity index (χ4v) is 1.57. The summed E-state index contributed by atoms with van der Waals surface area (Å²) in [6.07, 6.45) is 1.73. The molecule has 3 N–H and O–H groups in total. The van der Waals surface area contributed by atoms with Crippen molar-refractivity contribution in [3.63, 3.8) is 0 Å². The number of nitrogens with two attached hydrogens (primary N) is 1. The molecule has 5 nitrogen and oxygen atoms in total. The van der Waals surface area contributed by atoms with E-state index in [1.54, 1.807) is 30.5 Å². The number of rotatable bonds is 4. The van der Waals surface area contributed by atoms with Gasteiger partial charge < -0.3 is 15.8 Å². The number of nitrogens with zero attached hydrogens (tertiary/aromatic N) is 1. The van der Waals surface area contributed by atoms with Crippen LogP contribution in [0.3, 0.4) is 0 Å². The van der Waals surface area contributed by atoms with Crippen molar-refractivity contribution in [2.45, 2.75) is 6.54 Å². The first-order valence-corrected chi connectivity index (χ1v) is 5.83. The molecule has 0 spiro atoms. The third kappa shape index (κ3) is 3.29. The number of methoxy groups -OCH3 is 1. The van der Waals surface area contributed by atoms with E-state index >= 15 is 0 Å². The van der Waals surface area contributed by atoms with E-state index in [1.165, 1.54) is 7.11 Å². The lowest BCUT2D eigenvalue weighted by molar-refractivity contribution is 0.0601. The molecule has 2 rings (SSSR count). The zero-order valence-electron chi connectivity index (χ0n) is 10.6. The fourth-order valence-electron chi connectivity index (χ4n) is 1.57. The number of esters is 1. The second-order valence-corrected chi connectivity index (χ2v) is 3.95. The summed E-state index contributed by atoms with van der Waals surface area (Å²) in [6.45, 7) is 0.473. The summed E-state index contributed by atoms with van der Waals surface area (Å²) in [5.41, 5.74) is 7.85. The van der Waals surface area contributed by atoms with Crippen LogP contribution in [0.1, 0.15) is 15.9 Å². The van der Waals surface area contributed by atoms with Gasteiger partial charge in [-0.3, -0.25) is 0 Å². The molecular formula is C14H15N3O2. The highest BCUT2D eigenvalue weighted by atomic mass is 16.5. The van der Waals surface area contributed by atoms with E-state index in [0.29, 0.717) is 12.1 Å². The minimum atomic E-state index is -0.350. The van der Waals surface area contributed by atoms with E-state index in [4.69, 9.17) is 5.73 Å². The Morgan fingerprint density at radius 1 is 1.26 bits per heavy atom. The minimum Gasteiger partial charge on any atom is -0.465 e. The Balaban J connectivity index is 2.08. The topological polar surface area (TPSA) is 77.2 Å². The predicted octanol–water partition coefficient (Wildman–Crippen LogP) is 2.07. The van der Waals surface area contributed by atoms with Gasteiger partial charge in [-0.1, -0.05) is 6.07 Å². The van der Waals surface area contributed by atoms with Crippen LogP contribution in [0.25, 0.3) is 0 Å². The average molecular weight is 257 g/mol. The molecule has 0 fully saturated rings. The molecule has 0 atom stereocenters. The van der Waals surface area contributed by atoms with Crippen molar-refractivity contribution >= 4 is 17.5 Å². The maximum Gasteiger partial charge on any atom is 0.337 e. The van der Waals surface area contributed by atoms with Crippen molar-refractivity contribution in [3.8, 4) is 0 Å². The van der Waals surface area contributed by atoms with Crippen LogP contribution >= 0.6 is 0 Å². The molecule has 0 saturated carbocycles. The third-order valence-electron chi connectivity index (χ3n) is 2.64. The van der Waals surface area contributed by atoms with Crippen LogP contribution in [-0.2, 0) is 11.3 Å². The molecule has 98 valence electrons. The Morgan fingerprint density at radius 2 is 2.00 bits per heavy atom. The number of carbonyl (C=O) groups excluding carboxylic acids is 1. The van der Waals surface area contributed by atoms with Gasteiger partial charge in [0.15, 0.2) is 0 Å². The van der Waals surface area contributed by atoms with Crippen LogP contribution < -0.4 is 11.1 Å². The fraction of sp³-hybridized carbons (Fsp3) is 0.143. The van der Waals surface area contributed by atoms with E-state index in [-0.39, 0.29) is 5.97 Å². The van der Waals surface area contributed by atoms with Crippen molar-refractivity contribution in [2.75, 3.05) is 12.4 Å². The lowest BCUT2D eigenvalue weighted by Crippen LogP contribution is -2.01. The molecule has 0 saturated heterocycles. The van der Waals surface area contributed by atoms with Crippen LogP contribution in [0.5, 0.6) is 0 Å². The van der Waals surface area contributed by atoms with Gasteiger partial charge in [-0.2, -0.15) is 0 Å². The number of anilines is 2. The number of carbonyl (C=O) groups is 1. The molecule has 0 bridgehead atoms. The molecule has 0 amide bonds. The van der Waals surface area contributed by atoms with Gasteiger partial charge in [0.1, 0.15) is 5.82 Å². The molecule has 0 radical (unpaired) electrons. The van der Waals surface area contributed by atoms with E-state index in [0.717, 1.165) is 17.1 Å². The summed E-state index contributed by atoms with van der Waals surface area (Å²) in [4.78, 5) is 15.5. The van der Waals surface area contributed by atoms with Crippen LogP contribution in [-0.4, -0.2) is 18.1 Å². The molecule has 1 aromatic heterocycles. The Morgan fingerprint density at radius 3 is 2.53 bits per heavy atom. The number of benzene rings is 1. The third-order valence-corrected chi connectivity index (χ3v) is 2.64. The van der Waals surface area contributed by atoms with Gasteiger partial charge in [-0.25, -0.2) is 9.78 Å². The van der Waals surface area contributed by atoms with E-state index < -0.39 is 0 Å². The van der Waals surface area contributed by atoms with Gasteiger partial charge in [-0.05, 0) is 35.9 Å². The van der Waals surface area contributed by atoms with Gasteiger partial charge in [0.05, 0.1) is 12.7 Å². The highest BCUT2D eigenvalue weighted by Crippen LogP contribution is 2.15. The van der Waals surface area contributed by atoms with Gasteiger partial charge in [0.25, 0.3) is 0 Å². The van der Waals surface area contributed by atoms with Crippen LogP contribution in [0.2, 0.25) is 0 Å². The number of aromatic nitrogens is 1. The van der Waals surface area contributed by atoms with E-state index in [1.807, 2.05) is 12.1 Å². The van der Waals surface area contributed by atoms with Crippen molar-refractivity contribution in [3.05, 3.63) is 53.7 Å². The van der Waals surface area contributed by atoms with E-state index in [9.17, 15) is 4.79 Å². The second kappa shape index (κ2) is 5.97. The molecule has 19 heavy (non-hydrogen) atoms. The predicted molar refractivity (Wildman–Crippen MR) is 73.2 cm³/mol. The first kappa shape index (κ1) is 13.0. The number of hydrogen-bond donors (Lipinski definition) is 2. The van der Waals surface area contributed by atoms with Crippen molar-refractivity contribution in [1.82, 2.24) is 4.98 Å². The number of ether oxygens (including phenoxy) is 1. The zero-order chi connectivity index (χ0) is 13.7. The molecule has 1 aromatic carbocycles. The molecule has 0 unspecified atom stereocenters. The van der Waals surface area contributed by atoms with Gasteiger partial charge >= 0.3 is 5.97 Å². The molecule has 5 heteroatoms. The standard InChI is InChI=1S/C14H15N3O2/c1-19-14(18)11-3-5-12(6-4-11)17-13-7-2-10(8-15)9-16-13/h2-7,9H,8,15H2,1H3,(H,16,17). The molecule has 1 heterocycles. The lowest BCUT2D eigenvalue weighted by Gasteiger charge is -2.06. The summed E-state index contributed by atoms with van der Waals surface area (Å²) in [7, 11) is 1.36. The monoisotopic (exact) mass is 257 g/mol. The normalized spacial score (nSPS) is 10.0.